The van der Waals surface area contributed by atoms with Crippen molar-refractivity contribution in [2.75, 3.05) is 20.8 Å². The molecule has 1 aromatic rings. The van der Waals surface area contributed by atoms with E-state index in [9.17, 15) is 35.1 Å². The van der Waals surface area contributed by atoms with Crippen LogP contribution in [0.1, 0.15) is 12.5 Å². The summed E-state index contributed by atoms with van der Waals surface area (Å²) in [6, 6.07) is 6.92. The molecule has 0 unspecified atom stereocenters. The van der Waals surface area contributed by atoms with Crippen LogP contribution in [-0.2, 0) is 33.3 Å². The summed E-state index contributed by atoms with van der Waals surface area (Å²) in [6.45, 7) is 1.16. The van der Waals surface area contributed by atoms with Crippen LogP contribution in [0, 0.1) is 17.8 Å². The number of esters is 2. The van der Waals surface area contributed by atoms with Crippen molar-refractivity contribution >= 4 is 18.0 Å². The van der Waals surface area contributed by atoms with Gasteiger partial charge in [-0.15, -0.1) is 0 Å². The standard InChI is InChI=1S/C27H34O13/c1-12-18-19(22(31)20(12)29)15(25(34)36-3)10-38-26(18)40-27-24(33)23(32)21(30)16(39-27)11-37-17(28)9-6-13-4-7-14(35-2)8-5-13/h4-10,12,16,18-24,26-27,29-33H,11H2,1-3H3/b9-6+/t12-,16-,18-,19-,20-,21-,22+,23+,24-,26+,27+/m1/s1. The Morgan fingerprint density at radius 1 is 0.925 bits per heavy atom. The fourth-order valence-electron chi connectivity index (χ4n) is 5.24. The lowest BCUT2D eigenvalue weighted by Gasteiger charge is -2.43. The molecule has 0 radical (unpaired) electrons. The summed E-state index contributed by atoms with van der Waals surface area (Å²) in [4.78, 5) is 24.5. The predicted octanol–water partition coefficient (Wildman–Crippen LogP) is -0.907. The van der Waals surface area contributed by atoms with E-state index in [1.807, 2.05) is 0 Å². The Kier molecular flexibility index (Phi) is 9.46. The molecular weight excluding hydrogens is 532 g/mol. The van der Waals surface area contributed by atoms with Gasteiger partial charge in [-0.25, -0.2) is 9.59 Å². The second kappa shape index (κ2) is 12.6. The maximum Gasteiger partial charge on any atom is 0.337 e. The maximum atomic E-state index is 12.2. The van der Waals surface area contributed by atoms with Gasteiger partial charge in [0.25, 0.3) is 0 Å². The van der Waals surface area contributed by atoms with Crippen LogP contribution in [0.2, 0.25) is 0 Å². The average Bonchev–Trinajstić information content (AvgIpc) is 3.20. The lowest BCUT2D eigenvalue weighted by molar-refractivity contribution is -0.343. The number of fused-ring (bicyclic) bond motifs is 1. The van der Waals surface area contributed by atoms with Crippen LogP contribution < -0.4 is 4.74 Å². The summed E-state index contributed by atoms with van der Waals surface area (Å²) in [7, 11) is 2.71. The molecule has 11 atom stereocenters. The topological polar surface area (TPSA) is 191 Å². The molecule has 220 valence electrons. The summed E-state index contributed by atoms with van der Waals surface area (Å²) < 4.78 is 32.1. The molecule has 0 amide bonds. The van der Waals surface area contributed by atoms with Gasteiger partial charge in [0.2, 0.25) is 6.29 Å². The molecule has 0 bridgehead atoms. The normalized spacial score (nSPS) is 37.3. The number of benzene rings is 1. The van der Waals surface area contributed by atoms with Gasteiger partial charge < -0.3 is 54.0 Å². The van der Waals surface area contributed by atoms with Crippen molar-refractivity contribution < 1.29 is 63.5 Å². The third-order valence-corrected chi connectivity index (χ3v) is 7.56. The highest BCUT2D eigenvalue weighted by Gasteiger charge is 2.57. The third kappa shape index (κ3) is 6.00. The average molecular weight is 567 g/mol. The molecule has 1 aromatic carbocycles. The Hall–Kier alpha value is -3.04. The molecule has 2 aliphatic heterocycles. The van der Waals surface area contributed by atoms with Gasteiger partial charge in [0.15, 0.2) is 6.29 Å². The van der Waals surface area contributed by atoms with Crippen LogP contribution in [0.5, 0.6) is 5.75 Å². The van der Waals surface area contributed by atoms with Crippen LogP contribution >= 0.6 is 0 Å². The Balaban J connectivity index is 1.42. The van der Waals surface area contributed by atoms with Crippen LogP contribution in [0.3, 0.4) is 0 Å². The van der Waals surface area contributed by atoms with Gasteiger partial charge >= 0.3 is 11.9 Å². The van der Waals surface area contributed by atoms with Crippen molar-refractivity contribution in [1.29, 1.82) is 0 Å². The van der Waals surface area contributed by atoms with E-state index < -0.39 is 85.5 Å². The molecule has 2 fully saturated rings. The van der Waals surface area contributed by atoms with Crippen LogP contribution in [0.15, 0.2) is 42.2 Å². The summed E-state index contributed by atoms with van der Waals surface area (Å²) in [5, 5.41) is 52.5. The molecule has 13 nitrogen and oxygen atoms in total. The Labute approximate surface area is 230 Å². The first-order chi connectivity index (χ1) is 19.1. The number of carbonyl (C=O) groups is 2. The zero-order valence-corrected chi connectivity index (χ0v) is 22.1. The van der Waals surface area contributed by atoms with Crippen molar-refractivity contribution in [1.82, 2.24) is 0 Å². The monoisotopic (exact) mass is 566 g/mol. The number of hydrogen-bond donors (Lipinski definition) is 5. The van der Waals surface area contributed by atoms with Crippen molar-refractivity contribution in [3.63, 3.8) is 0 Å². The smallest absolute Gasteiger partial charge is 0.337 e. The van der Waals surface area contributed by atoms with E-state index in [4.69, 9.17) is 28.4 Å². The molecule has 1 saturated heterocycles. The van der Waals surface area contributed by atoms with Crippen molar-refractivity contribution in [2.24, 2.45) is 17.8 Å². The van der Waals surface area contributed by atoms with Gasteiger partial charge in [-0.2, -0.15) is 0 Å². The molecule has 3 aliphatic rings. The quantitative estimate of drug-likeness (QED) is 0.192. The minimum atomic E-state index is -1.73. The van der Waals surface area contributed by atoms with Gasteiger partial charge in [0.05, 0.1) is 38.3 Å². The van der Waals surface area contributed by atoms with Crippen LogP contribution in [-0.4, -0.2) is 108 Å². The first kappa shape index (κ1) is 29.9. The summed E-state index contributed by atoms with van der Waals surface area (Å²) in [6.07, 6.45) is -7.91. The fourth-order valence-corrected chi connectivity index (χ4v) is 5.24. The summed E-state index contributed by atoms with van der Waals surface area (Å²) in [5.41, 5.74) is 0.724. The molecule has 5 N–H and O–H groups in total. The van der Waals surface area contributed by atoms with E-state index in [2.05, 4.69) is 0 Å². The van der Waals surface area contributed by atoms with E-state index in [1.165, 1.54) is 26.4 Å². The largest absolute Gasteiger partial charge is 0.497 e. The number of methoxy groups -OCH3 is 2. The van der Waals surface area contributed by atoms with E-state index in [1.54, 1.807) is 31.2 Å². The lowest BCUT2D eigenvalue weighted by atomic mass is 9.82. The van der Waals surface area contributed by atoms with E-state index >= 15 is 0 Å². The Bertz CT molecular complexity index is 1100. The molecule has 13 heteroatoms. The molecule has 1 saturated carbocycles. The van der Waals surface area contributed by atoms with Gasteiger partial charge in [0, 0.05) is 17.9 Å². The minimum Gasteiger partial charge on any atom is -0.497 e. The number of carbonyl (C=O) groups excluding carboxylic acids is 2. The number of rotatable bonds is 8. The van der Waals surface area contributed by atoms with Gasteiger partial charge in [-0.3, -0.25) is 0 Å². The second-order valence-electron chi connectivity index (χ2n) is 9.90. The van der Waals surface area contributed by atoms with Gasteiger partial charge in [0.1, 0.15) is 36.8 Å². The maximum absolute atomic E-state index is 12.2. The van der Waals surface area contributed by atoms with Gasteiger partial charge in [-0.05, 0) is 29.7 Å². The van der Waals surface area contributed by atoms with Crippen molar-refractivity contribution in [3.8, 4) is 5.75 Å². The number of hydrogen-bond acceptors (Lipinski definition) is 13. The minimum absolute atomic E-state index is 0.0105. The highest BCUT2D eigenvalue weighted by atomic mass is 16.8. The number of ether oxygens (including phenoxy) is 6. The molecule has 1 aliphatic carbocycles. The summed E-state index contributed by atoms with van der Waals surface area (Å²) >= 11 is 0. The van der Waals surface area contributed by atoms with Crippen LogP contribution in [0.4, 0.5) is 0 Å². The van der Waals surface area contributed by atoms with Crippen molar-refractivity contribution in [2.45, 2.75) is 56.1 Å². The Morgan fingerprint density at radius 3 is 2.27 bits per heavy atom. The highest BCUT2D eigenvalue weighted by Crippen LogP contribution is 2.47. The number of aliphatic hydroxyl groups excluding tert-OH is 5. The molecule has 0 spiro atoms. The van der Waals surface area contributed by atoms with E-state index in [0.29, 0.717) is 11.3 Å². The van der Waals surface area contributed by atoms with E-state index in [0.717, 1.165) is 6.26 Å². The number of aliphatic hydroxyl groups is 5. The molecule has 4 rings (SSSR count). The zero-order chi connectivity index (χ0) is 29.1. The summed E-state index contributed by atoms with van der Waals surface area (Å²) in [5.74, 6) is -3.10. The SMILES string of the molecule is COC(=O)C1=CO[C@@H](O[C@@H]2O[C@H](COC(=O)/C=C/c3ccc(OC)cc3)[C@@H](O)[C@H](O)[C@H]2O)[C@@H]2[C@@H](C)[C@@H](O)[C@@H](O)[C@H]12. The van der Waals surface area contributed by atoms with Crippen LogP contribution in [0.25, 0.3) is 6.08 Å². The third-order valence-electron chi connectivity index (χ3n) is 7.56. The molecular formula is C27H34O13. The molecule has 2 heterocycles. The van der Waals surface area contributed by atoms with E-state index in [-0.39, 0.29) is 5.57 Å². The highest BCUT2D eigenvalue weighted by molar-refractivity contribution is 5.89. The first-order valence-corrected chi connectivity index (χ1v) is 12.7. The predicted molar refractivity (Wildman–Crippen MR) is 134 cm³/mol. The second-order valence-corrected chi connectivity index (χ2v) is 9.90. The Morgan fingerprint density at radius 2 is 1.62 bits per heavy atom. The van der Waals surface area contributed by atoms with Crippen molar-refractivity contribution in [3.05, 3.63) is 47.7 Å². The molecule has 0 aromatic heterocycles. The fraction of sp³-hybridized carbons (Fsp3) is 0.556. The zero-order valence-electron chi connectivity index (χ0n) is 22.1. The molecule has 40 heavy (non-hydrogen) atoms. The van der Waals surface area contributed by atoms with Gasteiger partial charge in [-0.1, -0.05) is 19.1 Å². The first-order valence-electron chi connectivity index (χ1n) is 12.7. The lowest BCUT2D eigenvalue weighted by Crippen LogP contribution is -2.60.